The molecule has 0 bridgehead atoms. The van der Waals surface area contributed by atoms with Crippen LogP contribution < -0.4 is 5.32 Å². The molecule has 4 heteroatoms. The lowest BCUT2D eigenvalue weighted by molar-refractivity contribution is 0.649. The Morgan fingerprint density at radius 2 is 2.06 bits per heavy atom. The third kappa shape index (κ3) is 1.97. The smallest absolute Gasteiger partial charge is 0.145 e. The molecule has 2 N–H and O–H groups in total. The van der Waals surface area contributed by atoms with Gasteiger partial charge in [-0.2, -0.15) is 5.10 Å². The lowest BCUT2D eigenvalue weighted by atomic mass is 10.0. The summed E-state index contributed by atoms with van der Waals surface area (Å²) in [4.78, 5) is 4.19. The molecule has 0 spiro atoms. The van der Waals surface area contributed by atoms with Gasteiger partial charge in [-0.25, -0.2) is 4.98 Å². The molecule has 0 aliphatic carbocycles. The summed E-state index contributed by atoms with van der Waals surface area (Å²) in [5.74, 6) is 0.839. The predicted octanol–water partition coefficient (Wildman–Crippen LogP) is 1.73. The fraction of sp³-hybridized carbons (Fsp3) is 0.333. The van der Waals surface area contributed by atoms with Crippen molar-refractivity contribution in [3.05, 3.63) is 47.0 Å². The van der Waals surface area contributed by atoms with Crippen molar-refractivity contribution in [1.82, 2.24) is 20.5 Å². The van der Waals surface area contributed by atoms with E-state index in [1.165, 1.54) is 23.0 Å². The van der Waals surface area contributed by atoms with E-state index in [1.54, 1.807) is 0 Å². The molecule has 1 unspecified atom stereocenters. The van der Waals surface area contributed by atoms with E-state index < -0.39 is 0 Å². The molecule has 1 aromatic carbocycles. The number of aromatic nitrogens is 3. The summed E-state index contributed by atoms with van der Waals surface area (Å²) < 4.78 is 0. The van der Waals surface area contributed by atoms with Gasteiger partial charge in [0.15, 0.2) is 0 Å². The van der Waals surface area contributed by atoms with E-state index in [1.807, 2.05) is 7.05 Å². The van der Waals surface area contributed by atoms with Crippen LogP contribution in [0.25, 0.3) is 0 Å². The molecule has 1 aromatic heterocycles. The number of aromatic amines is 1. The maximum absolute atomic E-state index is 4.19. The van der Waals surface area contributed by atoms with Crippen LogP contribution in [-0.4, -0.2) is 22.2 Å². The van der Waals surface area contributed by atoms with Crippen LogP contribution in [0.2, 0.25) is 0 Å². The van der Waals surface area contributed by atoms with Crippen LogP contribution in [0.4, 0.5) is 0 Å². The second kappa shape index (κ2) is 4.45. The van der Waals surface area contributed by atoms with Gasteiger partial charge in [0, 0.05) is 0 Å². The van der Waals surface area contributed by atoms with Crippen molar-refractivity contribution in [2.45, 2.75) is 19.9 Å². The summed E-state index contributed by atoms with van der Waals surface area (Å²) in [6.45, 7) is 4.23. The predicted molar refractivity (Wildman–Crippen MR) is 63.2 cm³/mol. The normalized spacial score (nSPS) is 12.7. The Kier molecular flexibility index (Phi) is 3.01. The highest BCUT2D eigenvalue weighted by molar-refractivity contribution is 5.33. The summed E-state index contributed by atoms with van der Waals surface area (Å²) in [7, 11) is 1.92. The zero-order valence-electron chi connectivity index (χ0n) is 9.78. The summed E-state index contributed by atoms with van der Waals surface area (Å²) >= 11 is 0. The summed E-state index contributed by atoms with van der Waals surface area (Å²) in [6.07, 6.45) is 1.53. The van der Waals surface area contributed by atoms with Crippen molar-refractivity contribution in [1.29, 1.82) is 0 Å². The van der Waals surface area contributed by atoms with Gasteiger partial charge in [0.1, 0.15) is 12.2 Å². The SMILES string of the molecule is CNC(c1ccc(C)c(C)c1)c1ncn[nH]1. The number of benzene rings is 1. The molecule has 4 nitrogen and oxygen atoms in total. The number of nitrogens with one attached hydrogen (secondary N) is 2. The first-order valence-corrected chi connectivity index (χ1v) is 5.32. The van der Waals surface area contributed by atoms with Gasteiger partial charge in [0.2, 0.25) is 0 Å². The van der Waals surface area contributed by atoms with Gasteiger partial charge in [-0.05, 0) is 37.6 Å². The van der Waals surface area contributed by atoms with Gasteiger partial charge < -0.3 is 5.32 Å². The standard InChI is InChI=1S/C12H16N4/c1-8-4-5-10(6-9(8)2)11(13-3)12-14-7-15-16-12/h4-7,11,13H,1-3H3,(H,14,15,16). The molecule has 1 atom stereocenters. The zero-order valence-corrected chi connectivity index (χ0v) is 9.78. The summed E-state index contributed by atoms with van der Waals surface area (Å²) in [6, 6.07) is 6.50. The van der Waals surface area contributed by atoms with Crippen LogP contribution in [0.15, 0.2) is 24.5 Å². The fourth-order valence-corrected chi connectivity index (χ4v) is 1.76. The van der Waals surface area contributed by atoms with Crippen LogP contribution in [0, 0.1) is 13.8 Å². The topological polar surface area (TPSA) is 53.6 Å². The van der Waals surface area contributed by atoms with Crippen LogP contribution in [0.3, 0.4) is 0 Å². The van der Waals surface area contributed by atoms with E-state index in [-0.39, 0.29) is 6.04 Å². The Morgan fingerprint density at radius 1 is 1.25 bits per heavy atom. The number of hydrogen-bond acceptors (Lipinski definition) is 3. The van der Waals surface area contributed by atoms with Gasteiger partial charge in [-0.1, -0.05) is 18.2 Å². The second-order valence-electron chi connectivity index (χ2n) is 3.94. The van der Waals surface area contributed by atoms with Crippen molar-refractivity contribution in [3.63, 3.8) is 0 Å². The summed E-state index contributed by atoms with van der Waals surface area (Å²) in [5, 5.41) is 10.0. The van der Waals surface area contributed by atoms with E-state index in [2.05, 4.69) is 52.5 Å². The molecule has 0 saturated carbocycles. The van der Waals surface area contributed by atoms with E-state index in [0.717, 1.165) is 5.82 Å². The highest BCUT2D eigenvalue weighted by Gasteiger charge is 2.14. The lowest BCUT2D eigenvalue weighted by Gasteiger charge is -2.15. The minimum atomic E-state index is 0.0711. The van der Waals surface area contributed by atoms with E-state index in [4.69, 9.17) is 0 Å². The van der Waals surface area contributed by atoms with Crippen molar-refractivity contribution in [2.75, 3.05) is 7.05 Å². The second-order valence-corrected chi connectivity index (χ2v) is 3.94. The first-order valence-electron chi connectivity index (χ1n) is 5.32. The lowest BCUT2D eigenvalue weighted by Crippen LogP contribution is -2.19. The minimum absolute atomic E-state index is 0.0711. The Labute approximate surface area is 95.1 Å². The Hall–Kier alpha value is -1.68. The van der Waals surface area contributed by atoms with E-state index in [0.29, 0.717) is 0 Å². The minimum Gasteiger partial charge on any atom is -0.307 e. The molecule has 0 fully saturated rings. The molecule has 0 amide bonds. The average Bonchev–Trinajstić information content (AvgIpc) is 2.78. The molecule has 2 aromatic rings. The Balaban J connectivity index is 2.37. The van der Waals surface area contributed by atoms with Gasteiger partial charge in [0.25, 0.3) is 0 Å². The van der Waals surface area contributed by atoms with Crippen molar-refractivity contribution >= 4 is 0 Å². The molecule has 1 heterocycles. The molecule has 2 rings (SSSR count). The maximum Gasteiger partial charge on any atom is 0.145 e. The van der Waals surface area contributed by atoms with Gasteiger partial charge in [-0.3, -0.25) is 5.10 Å². The third-order valence-corrected chi connectivity index (χ3v) is 2.86. The van der Waals surface area contributed by atoms with Crippen LogP contribution in [0.1, 0.15) is 28.6 Å². The number of aryl methyl sites for hydroxylation is 2. The van der Waals surface area contributed by atoms with Crippen LogP contribution in [-0.2, 0) is 0 Å². The van der Waals surface area contributed by atoms with Crippen molar-refractivity contribution in [3.8, 4) is 0 Å². The molecular weight excluding hydrogens is 200 g/mol. The molecule has 84 valence electrons. The monoisotopic (exact) mass is 216 g/mol. The fourth-order valence-electron chi connectivity index (χ4n) is 1.76. The Bertz CT molecular complexity index is 462. The van der Waals surface area contributed by atoms with Gasteiger partial charge >= 0.3 is 0 Å². The highest BCUT2D eigenvalue weighted by Crippen LogP contribution is 2.20. The zero-order chi connectivity index (χ0) is 11.5. The molecular formula is C12H16N4. The molecule has 0 aliphatic heterocycles. The first kappa shape index (κ1) is 10.8. The maximum atomic E-state index is 4.19. The quantitative estimate of drug-likeness (QED) is 0.821. The van der Waals surface area contributed by atoms with Gasteiger partial charge in [-0.15, -0.1) is 0 Å². The van der Waals surface area contributed by atoms with E-state index >= 15 is 0 Å². The Morgan fingerprint density at radius 3 is 2.62 bits per heavy atom. The third-order valence-electron chi connectivity index (χ3n) is 2.86. The molecule has 0 aliphatic rings. The molecule has 16 heavy (non-hydrogen) atoms. The first-order chi connectivity index (χ1) is 7.72. The van der Waals surface area contributed by atoms with Gasteiger partial charge in [0.05, 0.1) is 6.04 Å². The number of hydrogen-bond donors (Lipinski definition) is 2. The molecule has 0 saturated heterocycles. The van der Waals surface area contributed by atoms with Crippen molar-refractivity contribution in [2.24, 2.45) is 0 Å². The number of rotatable bonds is 3. The van der Waals surface area contributed by atoms with Crippen molar-refractivity contribution < 1.29 is 0 Å². The van der Waals surface area contributed by atoms with E-state index in [9.17, 15) is 0 Å². The number of H-pyrrole nitrogens is 1. The highest BCUT2D eigenvalue weighted by atomic mass is 15.2. The van der Waals surface area contributed by atoms with Crippen LogP contribution >= 0.6 is 0 Å². The van der Waals surface area contributed by atoms with Crippen LogP contribution in [0.5, 0.6) is 0 Å². The largest absolute Gasteiger partial charge is 0.307 e. The average molecular weight is 216 g/mol. The molecule has 0 radical (unpaired) electrons. The number of nitrogens with zero attached hydrogens (tertiary/aromatic N) is 2. The summed E-state index contributed by atoms with van der Waals surface area (Å²) in [5.41, 5.74) is 3.79.